The summed E-state index contributed by atoms with van der Waals surface area (Å²) < 4.78 is 0. The van der Waals surface area contributed by atoms with Gasteiger partial charge in [0.25, 0.3) is 0 Å². The molecule has 0 radical (unpaired) electrons. The molecule has 0 atom stereocenters. The van der Waals surface area contributed by atoms with Crippen molar-refractivity contribution in [3.8, 4) is 0 Å². The molecule has 1 fully saturated rings. The van der Waals surface area contributed by atoms with Crippen LogP contribution in [0.4, 0.5) is 0 Å². The van der Waals surface area contributed by atoms with Crippen molar-refractivity contribution < 1.29 is 15.0 Å². The van der Waals surface area contributed by atoms with Crippen molar-refractivity contribution in [3.63, 3.8) is 0 Å². The summed E-state index contributed by atoms with van der Waals surface area (Å²) in [7, 11) is 0. The first-order chi connectivity index (χ1) is 7.92. The first-order valence-corrected chi connectivity index (χ1v) is 6.55. The molecule has 17 heavy (non-hydrogen) atoms. The molecule has 1 saturated carbocycles. The minimum absolute atomic E-state index is 0.0535. The topological polar surface area (TPSA) is 69.6 Å². The maximum absolute atomic E-state index is 11.6. The zero-order valence-corrected chi connectivity index (χ0v) is 11.0. The molecule has 0 saturated heterocycles. The minimum atomic E-state index is -0.855. The summed E-state index contributed by atoms with van der Waals surface area (Å²) >= 11 is 0. The van der Waals surface area contributed by atoms with Crippen LogP contribution in [0.2, 0.25) is 0 Å². The first-order valence-electron chi connectivity index (χ1n) is 6.55. The highest BCUT2D eigenvalue weighted by Gasteiger charge is 2.41. The third kappa shape index (κ3) is 3.96. The third-order valence-electron chi connectivity index (χ3n) is 3.59. The van der Waals surface area contributed by atoms with Crippen molar-refractivity contribution >= 4 is 5.97 Å². The van der Waals surface area contributed by atoms with E-state index in [0.717, 1.165) is 25.7 Å². The Morgan fingerprint density at radius 3 is 2.06 bits per heavy atom. The Morgan fingerprint density at radius 2 is 1.65 bits per heavy atom. The summed E-state index contributed by atoms with van der Waals surface area (Å²) in [4.78, 5) is 11.6. The fourth-order valence-electron chi connectivity index (χ4n) is 2.59. The normalized spacial score (nSPS) is 21.6. The largest absolute Gasteiger partial charge is 0.480 e. The van der Waals surface area contributed by atoms with E-state index in [0.29, 0.717) is 12.8 Å². The van der Waals surface area contributed by atoms with Crippen LogP contribution in [-0.4, -0.2) is 33.9 Å². The van der Waals surface area contributed by atoms with E-state index in [2.05, 4.69) is 5.32 Å². The zero-order valence-electron chi connectivity index (χ0n) is 11.0. The lowest BCUT2D eigenvalue weighted by atomic mass is 9.82. The van der Waals surface area contributed by atoms with E-state index >= 15 is 0 Å². The number of aliphatic carboxylic acids is 1. The number of hydrogen-bond donors (Lipinski definition) is 3. The lowest BCUT2D eigenvalue weighted by Crippen LogP contribution is -2.61. The molecule has 0 amide bonds. The van der Waals surface area contributed by atoms with Gasteiger partial charge in [0.1, 0.15) is 5.54 Å². The van der Waals surface area contributed by atoms with Crippen LogP contribution in [0.3, 0.4) is 0 Å². The van der Waals surface area contributed by atoms with E-state index in [-0.39, 0.29) is 6.61 Å². The Labute approximate surface area is 103 Å². The van der Waals surface area contributed by atoms with Crippen molar-refractivity contribution in [2.75, 3.05) is 6.61 Å². The lowest BCUT2D eigenvalue weighted by molar-refractivity contribution is -0.147. The smallest absolute Gasteiger partial charge is 0.323 e. The Hall–Kier alpha value is -0.610. The van der Waals surface area contributed by atoms with Crippen LogP contribution in [0.1, 0.15) is 58.8 Å². The molecule has 1 aliphatic rings. The highest BCUT2D eigenvalue weighted by atomic mass is 16.4. The Bertz CT molecular complexity index is 255. The second-order valence-electron chi connectivity index (χ2n) is 5.82. The molecule has 100 valence electrons. The monoisotopic (exact) mass is 243 g/mol. The van der Waals surface area contributed by atoms with Gasteiger partial charge < -0.3 is 10.2 Å². The summed E-state index contributed by atoms with van der Waals surface area (Å²) in [6.45, 7) is 3.63. The predicted octanol–water partition coefficient (Wildman–Crippen LogP) is 1.91. The van der Waals surface area contributed by atoms with E-state index in [1.807, 2.05) is 13.8 Å². The van der Waals surface area contributed by atoms with Gasteiger partial charge in [0.15, 0.2) is 0 Å². The number of aliphatic hydroxyl groups is 1. The second-order valence-corrected chi connectivity index (χ2v) is 5.82. The molecule has 1 rings (SSSR count). The first kappa shape index (κ1) is 14.5. The standard InChI is InChI=1S/C13H25NO3/c1-12(2,10-15)14-13(11(16)17)8-6-4-3-5-7-9-13/h14-15H,3-10H2,1-2H3,(H,16,17). The van der Waals surface area contributed by atoms with Crippen LogP contribution in [-0.2, 0) is 4.79 Å². The van der Waals surface area contributed by atoms with Crippen LogP contribution >= 0.6 is 0 Å². The van der Waals surface area contributed by atoms with Crippen LogP contribution in [0.5, 0.6) is 0 Å². The van der Waals surface area contributed by atoms with E-state index in [1.54, 1.807) is 0 Å². The molecule has 4 heteroatoms. The van der Waals surface area contributed by atoms with Gasteiger partial charge in [0.2, 0.25) is 0 Å². The van der Waals surface area contributed by atoms with Crippen LogP contribution in [0, 0.1) is 0 Å². The number of nitrogens with one attached hydrogen (secondary N) is 1. The number of aliphatic hydroxyl groups excluding tert-OH is 1. The summed E-state index contributed by atoms with van der Waals surface area (Å²) in [5.41, 5.74) is -1.40. The maximum Gasteiger partial charge on any atom is 0.323 e. The van der Waals surface area contributed by atoms with Crippen LogP contribution < -0.4 is 5.32 Å². The molecule has 0 aliphatic heterocycles. The second kappa shape index (κ2) is 5.83. The number of carboxylic acid groups (broad SMARTS) is 1. The van der Waals surface area contributed by atoms with Crippen LogP contribution in [0.15, 0.2) is 0 Å². The van der Waals surface area contributed by atoms with Crippen molar-refractivity contribution in [2.45, 2.75) is 69.9 Å². The highest BCUT2D eigenvalue weighted by molar-refractivity contribution is 5.79. The van der Waals surface area contributed by atoms with Gasteiger partial charge in [0, 0.05) is 5.54 Å². The number of hydrogen-bond acceptors (Lipinski definition) is 3. The van der Waals surface area contributed by atoms with Gasteiger partial charge in [0.05, 0.1) is 6.61 Å². The molecule has 0 aromatic carbocycles. The van der Waals surface area contributed by atoms with Crippen molar-refractivity contribution in [1.29, 1.82) is 0 Å². The Balaban J connectivity index is 2.82. The quantitative estimate of drug-likeness (QED) is 0.705. The average Bonchev–Trinajstić information content (AvgIpc) is 2.22. The van der Waals surface area contributed by atoms with Gasteiger partial charge in [-0.3, -0.25) is 10.1 Å². The minimum Gasteiger partial charge on any atom is -0.480 e. The van der Waals surface area contributed by atoms with Gasteiger partial charge in [-0.05, 0) is 26.7 Å². The maximum atomic E-state index is 11.6. The molecule has 0 aromatic heterocycles. The van der Waals surface area contributed by atoms with E-state index in [1.165, 1.54) is 6.42 Å². The fraction of sp³-hybridized carbons (Fsp3) is 0.923. The van der Waals surface area contributed by atoms with E-state index in [4.69, 9.17) is 0 Å². The molecule has 0 heterocycles. The van der Waals surface area contributed by atoms with Gasteiger partial charge in [-0.15, -0.1) is 0 Å². The highest BCUT2D eigenvalue weighted by Crippen LogP contribution is 2.28. The predicted molar refractivity (Wildman–Crippen MR) is 67.0 cm³/mol. The van der Waals surface area contributed by atoms with Crippen molar-refractivity contribution in [3.05, 3.63) is 0 Å². The molecule has 4 nitrogen and oxygen atoms in total. The van der Waals surface area contributed by atoms with Gasteiger partial charge in [-0.25, -0.2) is 0 Å². The summed E-state index contributed by atoms with van der Waals surface area (Å²) in [6, 6.07) is 0. The summed E-state index contributed by atoms with van der Waals surface area (Å²) in [5, 5.41) is 22.0. The lowest BCUT2D eigenvalue weighted by Gasteiger charge is -2.39. The van der Waals surface area contributed by atoms with E-state index < -0.39 is 17.0 Å². The fourth-order valence-corrected chi connectivity index (χ4v) is 2.59. The Morgan fingerprint density at radius 1 is 1.18 bits per heavy atom. The molecular weight excluding hydrogens is 218 g/mol. The number of carboxylic acids is 1. The SMILES string of the molecule is CC(C)(CO)NC1(C(=O)O)CCCCCCC1. The summed E-state index contributed by atoms with van der Waals surface area (Å²) in [5.74, 6) is -0.777. The zero-order chi connectivity index (χ0) is 12.9. The van der Waals surface area contributed by atoms with Crippen molar-refractivity contribution in [2.24, 2.45) is 0 Å². The summed E-state index contributed by atoms with van der Waals surface area (Å²) in [6.07, 6.45) is 6.63. The van der Waals surface area contributed by atoms with Gasteiger partial charge >= 0.3 is 5.97 Å². The molecule has 0 bridgehead atoms. The molecule has 0 spiro atoms. The van der Waals surface area contributed by atoms with E-state index in [9.17, 15) is 15.0 Å². The molecule has 0 unspecified atom stereocenters. The Kier molecular flexibility index (Phi) is 4.95. The number of rotatable bonds is 4. The molecule has 1 aliphatic carbocycles. The molecule has 3 N–H and O–H groups in total. The number of carbonyl (C=O) groups is 1. The third-order valence-corrected chi connectivity index (χ3v) is 3.59. The van der Waals surface area contributed by atoms with Crippen molar-refractivity contribution in [1.82, 2.24) is 5.32 Å². The van der Waals surface area contributed by atoms with Gasteiger partial charge in [-0.1, -0.05) is 32.1 Å². The molecule has 0 aromatic rings. The van der Waals surface area contributed by atoms with Crippen LogP contribution in [0.25, 0.3) is 0 Å². The average molecular weight is 243 g/mol. The molecular formula is C13H25NO3. The van der Waals surface area contributed by atoms with Gasteiger partial charge in [-0.2, -0.15) is 0 Å².